The molecule has 3 aromatic heterocycles. The number of aliphatic hydroxyl groups excluding tert-OH is 1. The fourth-order valence-electron chi connectivity index (χ4n) is 3.88. The maximum atomic E-state index is 13.1. The van der Waals surface area contributed by atoms with Crippen LogP contribution in [-0.2, 0) is 0 Å². The van der Waals surface area contributed by atoms with Gasteiger partial charge in [0.1, 0.15) is 4.83 Å². The highest BCUT2D eigenvalue weighted by Gasteiger charge is 2.48. The second-order valence-corrected chi connectivity index (χ2v) is 9.25. The third-order valence-electron chi connectivity index (χ3n) is 5.61. The first kappa shape index (κ1) is 18.6. The summed E-state index contributed by atoms with van der Waals surface area (Å²) in [4.78, 5) is 6.27. The Bertz CT molecular complexity index is 1210. The quantitative estimate of drug-likeness (QED) is 0.448. The zero-order valence-corrected chi connectivity index (χ0v) is 17.0. The molecule has 5 rings (SSSR count). The van der Waals surface area contributed by atoms with Gasteiger partial charge in [-0.1, -0.05) is 6.07 Å². The molecule has 3 heterocycles. The lowest BCUT2D eigenvalue weighted by Gasteiger charge is -2.37. The molecule has 0 spiro atoms. The van der Waals surface area contributed by atoms with Crippen molar-refractivity contribution in [2.75, 3.05) is 0 Å². The number of nitrogens with zero attached hydrogens (tertiary/aromatic N) is 3. The zero-order valence-electron chi connectivity index (χ0n) is 16.1. The standard InChI is InChI=1S/C22H21F2N3OS/c1-12(2)27-11-15-7-13(3-6-18(15)26-27)17-5-4-14-8-19(29-21(14)25-17)20(28)16-9-22(23,24)10-16/h3-8,11-12,16,20,28H,9-10H2,1-2H3. The van der Waals surface area contributed by atoms with Crippen LogP contribution in [-0.4, -0.2) is 25.8 Å². The van der Waals surface area contributed by atoms with Crippen molar-refractivity contribution in [2.24, 2.45) is 5.92 Å². The fourth-order valence-corrected chi connectivity index (χ4v) is 4.99. The van der Waals surface area contributed by atoms with Crippen LogP contribution in [0.4, 0.5) is 8.78 Å². The molecule has 0 aliphatic heterocycles. The van der Waals surface area contributed by atoms with Crippen LogP contribution < -0.4 is 0 Å². The minimum atomic E-state index is -2.63. The smallest absolute Gasteiger partial charge is 0.248 e. The number of fused-ring (bicyclic) bond motifs is 2. The molecule has 1 aliphatic rings. The Morgan fingerprint density at radius 3 is 2.66 bits per heavy atom. The summed E-state index contributed by atoms with van der Waals surface area (Å²) < 4.78 is 28.2. The summed E-state index contributed by atoms with van der Waals surface area (Å²) in [6, 6.07) is 12.2. The van der Waals surface area contributed by atoms with Gasteiger partial charge in [0.05, 0.1) is 17.3 Å². The lowest BCUT2D eigenvalue weighted by molar-refractivity contribution is -0.141. The molecule has 29 heavy (non-hydrogen) atoms. The highest BCUT2D eigenvalue weighted by atomic mass is 32.1. The minimum absolute atomic E-state index is 0.245. The van der Waals surface area contributed by atoms with Gasteiger partial charge in [0.15, 0.2) is 0 Å². The van der Waals surface area contributed by atoms with Gasteiger partial charge in [0.2, 0.25) is 5.92 Å². The highest BCUT2D eigenvalue weighted by Crippen LogP contribution is 2.49. The van der Waals surface area contributed by atoms with Crippen LogP contribution in [0.25, 0.3) is 32.4 Å². The van der Waals surface area contributed by atoms with Crippen molar-refractivity contribution in [1.82, 2.24) is 14.8 Å². The second kappa shape index (κ2) is 6.57. The van der Waals surface area contributed by atoms with Crippen LogP contribution in [0.1, 0.15) is 43.7 Å². The van der Waals surface area contributed by atoms with Crippen molar-refractivity contribution in [3.8, 4) is 11.3 Å². The Kier molecular flexibility index (Phi) is 4.22. The number of hydrogen-bond acceptors (Lipinski definition) is 4. The molecular formula is C22H21F2N3OS. The Morgan fingerprint density at radius 2 is 1.93 bits per heavy atom. The molecule has 1 N–H and O–H groups in total. The van der Waals surface area contributed by atoms with Gasteiger partial charge in [0.25, 0.3) is 0 Å². The lowest BCUT2D eigenvalue weighted by Crippen LogP contribution is -2.38. The Balaban J connectivity index is 1.46. The van der Waals surface area contributed by atoms with E-state index in [4.69, 9.17) is 4.98 Å². The Labute approximate surface area is 170 Å². The van der Waals surface area contributed by atoms with Crippen LogP contribution in [0, 0.1) is 5.92 Å². The predicted molar refractivity (Wildman–Crippen MR) is 111 cm³/mol. The fraction of sp³-hybridized carbons (Fsp3) is 0.364. The number of rotatable bonds is 4. The van der Waals surface area contributed by atoms with Crippen LogP contribution in [0.3, 0.4) is 0 Å². The average Bonchev–Trinajstić information content (AvgIpc) is 3.28. The van der Waals surface area contributed by atoms with E-state index in [2.05, 4.69) is 25.0 Å². The second-order valence-electron chi connectivity index (χ2n) is 8.19. The predicted octanol–water partition coefficient (Wildman–Crippen LogP) is 5.97. The maximum absolute atomic E-state index is 13.1. The normalized spacial score (nSPS) is 17.9. The average molecular weight is 413 g/mol. The van der Waals surface area contributed by atoms with Gasteiger partial charge in [-0.2, -0.15) is 5.10 Å². The molecule has 0 radical (unpaired) electrons. The molecule has 1 atom stereocenters. The van der Waals surface area contributed by atoms with E-state index < -0.39 is 12.0 Å². The number of aromatic nitrogens is 3. The Hall–Kier alpha value is -2.38. The van der Waals surface area contributed by atoms with Crippen LogP contribution in [0.15, 0.2) is 42.6 Å². The molecule has 1 aliphatic carbocycles. The summed E-state index contributed by atoms with van der Waals surface area (Å²) in [6.45, 7) is 4.19. The number of thiophene rings is 1. The number of aliphatic hydroxyl groups is 1. The van der Waals surface area contributed by atoms with Gasteiger partial charge in [-0.15, -0.1) is 11.3 Å². The summed E-state index contributed by atoms with van der Waals surface area (Å²) in [5, 5.41) is 17.0. The first-order valence-corrected chi connectivity index (χ1v) is 10.6. The molecule has 1 saturated carbocycles. The van der Waals surface area contributed by atoms with Crippen molar-refractivity contribution in [1.29, 1.82) is 0 Å². The van der Waals surface area contributed by atoms with Gasteiger partial charge >= 0.3 is 0 Å². The first-order chi connectivity index (χ1) is 13.8. The van der Waals surface area contributed by atoms with Gasteiger partial charge < -0.3 is 5.11 Å². The summed E-state index contributed by atoms with van der Waals surface area (Å²) in [5.41, 5.74) is 2.79. The largest absolute Gasteiger partial charge is 0.387 e. The number of benzene rings is 1. The van der Waals surface area contributed by atoms with Gasteiger partial charge in [-0.25, -0.2) is 13.8 Å². The van der Waals surface area contributed by atoms with E-state index in [1.54, 1.807) is 0 Å². The third kappa shape index (κ3) is 3.32. The molecule has 1 aromatic carbocycles. The topological polar surface area (TPSA) is 50.9 Å². The van der Waals surface area contributed by atoms with Crippen molar-refractivity contribution < 1.29 is 13.9 Å². The SMILES string of the molecule is CC(C)n1cc2cc(-c3ccc4cc(C(O)C5CC(F)(F)C5)sc4n3)ccc2n1. The monoisotopic (exact) mass is 413 g/mol. The number of hydrogen-bond donors (Lipinski definition) is 1. The van der Waals surface area contributed by atoms with Gasteiger partial charge in [-0.3, -0.25) is 4.68 Å². The molecule has 1 fully saturated rings. The van der Waals surface area contributed by atoms with Crippen LogP contribution >= 0.6 is 11.3 Å². The van der Waals surface area contributed by atoms with Crippen molar-refractivity contribution in [3.63, 3.8) is 0 Å². The molecule has 4 nitrogen and oxygen atoms in total. The van der Waals surface area contributed by atoms with E-state index >= 15 is 0 Å². The van der Waals surface area contributed by atoms with E-state index in [1.807, 2.05) is 41.2 Å². The van der Waals surface area contributed by atoms with Crippen LogP contribution in [0.5, 0.6) is 0 Å². The number of alkyl halides is 2. The molecule has 7 heteroatoms. The molecule has 150 valence electrons. The van der Waals surface area contributed by atoms with E-state index in [1.165, 1.54) is 11.3 Å². The summed E-state index contributed by atoms with van der Waals surface area (Å²) >= 11 is 1.38. The number of pyridine rings is 1. The van der Waals surface area contributed by atoms with Crippen molar-refractivity contribution in [2.45, 2.75) is 44.8 Å². The maximum Gasteiger partial charge on any atom is 0.248 e. The van der Waals surface area contributed by atoms with E-state index in [0.29, 0.717) is 10.9 Å². The molecule has 0 bridgehead atoms. The van der Waals surface area contributed by atoms with Crippen molar-refractivity contribution >= 4 is 32.5 Å². The lowest BCUT2D eigenvalue weighted by atomic mass is 9.77. The van der Waals surface area contributed by atoms with Crippen molar-refractivity contribution in [3.05, 3.63) is 47.5 Å². The minimum Gasteiger partial charge on any atom is -0.387 e. The molecule has 1 unspecified atom stereocenters. The summed E-state index contributed by atoms with van der Waals surface area (Å²) in [5.74, 6) is -3.01. The molecular weight excluding hydrogens is 392 g/mol. The van der Waals surface area contributed by atoms with E-state index in [0.717, 1.165) is 32.4 Å². The Morgan fingerprint density at radius 1 is 1.14 bits per heavy atom. The zero-order chi connectivity index (χ0) is 20.3. The van der Waals surface area contributed by atoms with Gasteiger partial charge in [0, 0.05) is 52.2 Å². The summed E-state index contributed by atoms with van der Waals surface area (Å²) in [7, 11) is 0. The first-order valence-electron chi connectivity index (χ1n) is 9.75. The number of halogens is 2. The summed E-state index contributed by atoms with van der Waals surface area (Å²) in [6.07, 6.45) is 0.697. The van der Waals surface area contributed by atoms with Gasteiger partial charge in [-0.05, 0) is 44.2 Å². The molecule has 0 amide bonds. The molecule has 0 saturated heterocycles. The van der Waals surface area contributed by atoms with E-state index in [-0.39, 0.29) is 18.8 Å². The van der Waals surface area contributed by atoms with Crippen LogP contribution in [0.2, 0.25) is 0 Å². The van der Waals surface area contributed by atoms with E-state index in [9.17, 15) is 13.9 Å². The highest BCUT2D eigenvalue weighted by molar-refractivity contribution is 7.18. The third-order valence-corrected chi connectivity index (χ3v) is 6.72. The molecule has 4 aromatic rings.